The summed E-state index contributed by atoms with van der Waals surface area (Å²) in [5, 5.41) is 11.1. The van der Waals surface area contributed by atoms with Crippen LogP contribution in [0.3, 0.4) is 0 Å². The van der Waals surface area contributed by atoms with Crippen LogP contribution < -0.4 is 5.32 Å². The molecule has 19 heavy (non-hydrogen) atoms. The number of hydrogen-bond acceptors (Lipinski definition) is 5. The molecule has 0 aromatic heterocycles. The molecule has 1 rings (SSSR count). The molecular weight excluding hydrogens is 284 g/mol. The maximum Gasteiger partial charge on any atom is 0.241 e. The van der Waals surface area contributed by atoms with Gasteiger partial charge in [-0.15, -0.1) is 0 Å². The standard InChI is InChI=1S/C12H20N2O3S2/c1-9-11(17)14(12(18)19-9)7-4-2-3-5-10(16)13-6-8-15/h9,15H,2-8H2,1H3,(H,13,16). The average Bonchev–Trinajstić information content (AvgIpc) is 2.62. The maximum absolute atomic E-state index is 11.7. The van der Waals surface area contributed by atoms with Crippen molar-refractivity contribution in [2.24, 2.45) is 0 Å². The van der Waals surface area contributed by atoms with E-state index < -0.39 is 0 Å². The summed E-state index contributed by atoms with van der Waals surface area (Å²) in [4.78, 5) is 24.7. The van der Waals surface area contributed by atoms with Gasteiger partial charge in [-0.2, -0.15) is 0 Å². The largest absolute Gasteiger partial charge is 0.395 e. The Morgan fingerprint density at radius 2 is 2.21 bits per heavy atom. The third kappa shape index (κ3) is 5.46. The van der Waals surface area contributed by atoms with Gasteiger partial charge in [-0.05, 0) is 19.8 Å². The SMILES string of the molecule is CC1SC(=S)N(CCCCCC(=O)NCCO)C1=O. The molecule has 0 spiro atoms. The van der Waals surface area contributed by atoms with Crippen LogP contribution in [0.2, 0.25) is 0 Å². The number of nitrogens with one attached hydrogen (secondary N) is 1. The number of thioether (sulfide) groups is 1. The second-order valence-corrected chi connectivity index (χ2v) is 6.37. The summed E-state index contributed by atoms with van der Waals surface area (Å²) < 4.78 is 0.665. The molecule has 0 aromatic rings. The number of rotatable bonds is 8. The lowest BCUT2D eigenvalue weighted by Gasteiger charge is -2.14. The third-order valence-electron chi connectivity index (χ3n) is 2.83. The smallest absolute Gasteiger partial charge is 0.241 e. The number of amides is 2. The highest BCUT2D eigenvalue weighted by molar-refractivity contribution is 8.24. The Kier molecular flexibility index (Phi) is 7.33. The maximum atomic E-state index is 11.7. The summed E-state index contributed by atoms with van der Waals surface area (Å²) in [5.74, 6) is 0.0571. The van der Waals surface area contributed by atoms with Crippen molar-refractivity contribution in [1.29, 1.82) is 0 Å². The minimum Gasteiger partial charge on any atom is -0.395 e. The Hall–Kier alpha value is -0.660. The van der Waals surface area contributed by atoms with Crippen LogP contribution in [-0.4, -0.2) is 51.1 Å². The van der Waals surface area contributed by atoms with Gasteiger partial charge in [0.1, 0.15) is 4.32 Å². The molecule has 5 nitrogen and oxygen atoms in total. The molecule has 1 fully saturated rings. The summed E-state index contributed by atoms with van der Waals surface area (Å²) in [6, 6.07) is 0. The average molecular weight is 304 g/mol. The number of aliphatic hydroxyl groups excluding tert-OH is 1. The van der Waals surface area contributed by atoms with Gasteiger partial charge < -0.3 is 10.4 Å². The third-order valence-corrected chi connectivity index (χ3v) is 4.32. The molecule has 0 aromatic carbocycles. The fourth-order valence-corrected chi connectivity index (χ4v) is 3.25. The first kappa shape index (κ1) is 16.4. The lowest BCUT2D eigenvalue weighted by molar-refractivity contribution is -0.126. The van der Waals surface area contributed by atoms with Crippen molar-refractivity contribution in [3.63, 3.8) is 0 Å². The Labute approximate surface area is 123 Å². The zero-order valence-electron chi connectivity index (χ0n) is 11.1. The van der Waals surface area contributed by atoms with Crippen LogP contribution in [0.4, 0.5) is 0 Å². The van der Waals surface area contributed by atoms with Crippen molar-refractivity contribution in [1.82, 2.24) is 10.2 Å². The Morgan fingerprint density at radius 1 is 1.47 bits per heavy atom. The molecule has 0 saturated carbocycles. The highest BCUT2D eigenvalue weighted by Gasteiger charge is 2.32. The molecule has 1 aliphatic heterocycles. The second kappa shape index (κ2) is 8.50. The van der Waals surface area contributed by atoms with E-state index in [4.69, 9.17) is 17.3 Å². The number of carbonyl (C=O) groups excluding carboxylic acids is 2. The molecule has 7 heteroatoms. The number of thiocarbonyl (C=S) groups is 1. The fraction of sp³-hybridized carbons (Fsp3) is 0.750. The molecule has 1 atom stereocenters. The molecule has 1 unspecified atom stereocenters. The molecule has 108 valence electrons. The Morgan fingerprint density at radius 3 is 2.79 bits per heavy atom. The number of hydrogen-bond donors (Lipinski definition) is 2. The minimum absolute atomic E-state index is 0.0316. The quantitative estimate of drug-likeness (QED) is 0.515. The van der Waals surface area contributed by atoms with E-state index in [1.165, 1.54) is 11.8 Å². The van der Waals surface area contributed by atoms with Gasteiger partial charge in [0.05, 0.1) is 11.9 Å². The van der Waals surface area contributed by atoms with E-state index in [9.17, 15) is 9.59 Å². The van der Waals surface area contributed by atoms with Crippen LogP contribution >= 0.6 is 24.0 Å². The molecule has 2 amide bonds. The predicted octanol–water partition coefficient (Wildman–Crippen LogP) is 0.904. The van der Waals surface area contributed by atoms with Gasteiger partial charge in [0.25, 0.3) is 0 Å². The predicted molar refractivity (Wildman–Crippen MR) is 79.9 cm³/mol. The van der Waals surface area contributed by atoms with Crippen LogP contribution in [-0.2, 0) is 9.59 Å². The summed E-state index contributed by atoms with van der Waals surface area (Å²) in [6.07, 6.45) is 2.99. The molecule has 0 radical (unpaired) electrons. The summed E-state index contributed by atoms with van der Waals surface area (Å²) in [7, 11) is 0. The lowest BCUT2D eigenvalue weighted by atomic mass is 10.2. The van der Waals surface area contributed by atoms with Crippen molar-refractivity contribution in [2.45, 2.75) is 37.9 Å². The normalized spacial score (nSPS) is 19.1. The van der Waals surface area contributed by atoms with Gasteiger partial charge in [0.2, 0.25) is 11.8 Å². The Bertz CT molecular complexity index is 350. The molecule has 2 N–H and O–H groups in total. The van der Waals surface area contributed by atoms with E-state index in [1.54, 1.807) is 4.90 Å². The minimum atomic E-state index is -0.0586. The van der Waals surface area contributed by atoms with E-state index in [0.717, 1.165) is 19.3 Å². The molecule has 0 bridgehead atoms. The zero-order valence-corrected chi connectivity index (χ0v) is 12.7. The number of unbranched alkanes of at least 4 members (excludes halogenated alkanes) is 2. The zero-order chi connectivity index (χ0) is 14.3. The highest BCUT2D eigenvalue weighted by atomic mass is 32.2. The van der Waals surface area contributed by atoms with E-state index in [1.807, 2.05) is 6.92 Å². The molecule has 0 aliphatic carbocycles. The fourth-order valence-electron chi connectivity index (χ4n) is 1.79. The molecule has 1 aliphatic rings. The van der Waals surface area contributed by atoms with Gasteiger partial charge in [-0.25, -0.2) is 0 Å². The first-order valence-electron chi connectivity index (χ1n) is 6.46. The van der Waals surface area contributed by atoms with Crippen molar-refractivity contribution in [3.8, 4) is 0 Å². The summed E-state index contributed by atoms with van der Waals surface area (Å²) in [6.45, 7) is 2.79. The van der Waals surface area contributed by atoms with E-state index in [-0.39, 0.29) is 23.7 Å². The highest BCUT2D eigenvalue weighted by Crippen LogP contribution is 2.26. The molecule has 1 heterocycles. The topological polar surface area (TPSA) is 69.6 Å². The summed E-state index contributed by atoms with van der Waals surface area (Å²) >= 11 is 6.58. The van der Waals surface area contributed by atoms with Gasteiger partial charge >= 0.3 is 0 Å². The van der Waals surface area contributed by atoms with Crippen LogP contribution in [0.1, 0.15) is 32.6 Å². The van der Waals surface area contributed by atoms with Crippen molar-refractivity contribution in [2.75, 3.05) is 19.7 Å². The van der Waals surface area contributed by atoms with Crippen LogP contribution in [0.25, 0.3) is 0 Å². The summed E-state index contributed by atoms with van der Waals surface area (Å²) in [5.41, 5.74) is 0. The van der Waals surface area contributed by atoms with E-state index in [2.05, 4.69) is 5.32 Å². The van der Waals surface area contributed by atoms with Crippen LogP contribution in [0.15, 0.2) is 0 Å². The van der Waals surface area contributed by atoms with Crippen molar-refractivity contribution >= 4 is 40.1 Å². The van der Waals surface area contributed by atoms with E-state index in [0.29, 0.717) is 23.8 Å². The van der Waals surface area contributed by atoms with Crippen LogP contribution in [0, 0.1) is 0 Å². The van der Waals surface area contributed by atoms with Gasteiger partial charge in [-0.1, -0.05) is 30.4 Å². The number of carbonyl (C=O) groups is 2. The number of aliphatic hydroxyl groups is 1. The lowest BCUT2D eigenvalue weighted by Crippen LogP contribution is -2.31. The van der Waals surface area contributed by atoms with Crippen LogP contribution in [0.5, 0.6) is 0 Å². The van der Waals surface area contributed by atoms with E-state index >= 15 is 0 Å². The Balaban J connectivity index is 2.09. The van der Waals surface area contributed by atoms with Gasteiger partial charge in [0, 0.05) is 19.5 Å². The van der Waals surface area contributed by atoms with Gasteiger partial charge in [-0.3, -0.25) is 14.5 Å². The van der Waals surface area contributed by atoms with Gasteiger partial charge in [0.15, 0.2) is 0 Å². The molecular formula is C12H20N2O3S2. The number of nitrogens with zero attached hydrogens (tertiary/aromatic N) is 1. The monoisotopic (exact) mass is 304 g/mol. The van der Waals surface area contributed by atoms with Crippen molar-refractivity contribution < 1.29 is 14.7 Å². The second-order valence-electron chi connectivity index (χ2n) is 4.40. The first-order valence-corrected chi connectivity index (χ1v) is 7.74. The molecule has 1 saturated heterocycles. The first-order chi connectivity index (χ1) is 9.06. The van der Waals surface area contributed by atoms with Crippen molar-refractivity contribution in [3.05, 3.63) is 0 Å².